The van der Waals surface area contributed by atoms with Gasteiger partial charge in [-0.2, -0.15) is 0 Å². The number of rotatable bonds is 4. The molecule has 1 fully saturated rings. The summed E-state index contributed by atoms with van der Waals surface area (Å²) in [5, 5.41) is 21.9. The van der Waals surface area contributed by atoms with Crippen LogP contribution in [0.5, 0.6) is 0 Å². The van der Waals surface area contributed by atoms with Crippen LogP contribution in [0.1, 0.15) is 5.69 Å². The van der Waals surface area contributed by atoms with Crippen LogP contribution in [-0.2, 0) is 11.2 Å². The van der Waals surface area contributed by atoms with Gasteiger partial charge in [-0.1, -0.05) is 11.2 Å². The highest BCUT2D eigenvalue weighted by atomic mass is 79.9. The molecule has 1 aromatic carbocycles. The van der Waals surface area contributed by atoms with Gasteiger partial charge in [0.05, 0.1) is 19.6 Å². The van der Waals surface area contributed by atoms with Gasteiger partial charge in [0.2, 0.25) is 5.82 Å². The number of nitrogens with one attached hydrogen (secondary N) is 3. The zero-order valence-corrected chi connectivity index (χ0v) is 17.1. The minimum atomic E-state index is -1.01. The molecule has 132 valence electrons. The van der Waals surface area contributed by atoms with Gasteiger partial charge in [-0.15, -0.1) is 0 Å². The summed E-state index contributed by atoms with van der Waals surface area (Å²) in [5.74, 6) is -0.148. The van der Waals surface area contributed by atoms with E-state index in [-0.39, 0.29) is 22.0 Å². The first-order valence-electron chi connectivity index (χ1n) is 7.87. The molecule has 0 amide bonds. The zero-order valence-electron chi connectivity index (χ0n) is 14.7. The molecule has 2 heterocycles. The van der Waals surface area contributed by atoms with E-state index in [9.17, 15) is 8.94 Å². The van der Waals surface area contributed by atoms with Crippen LogP contribution < -0.4 is 10.6 Å². The molecule has 0 bridgehead atoms. The van der Waals surface area contributed by atoms with Crippen molar-refractivity contribution in [3.05, 3.63) is 34.2 Å². The van der Waals surface area contributed by atoms with E-state index in [0.29, 0.717) is 11.5 Å². The average molecular weight is 436 g/mol. The molecule has 0 radical (unpaired) electrons. The number of aromatic nitrogens is 2. The van der Waals surface area contributed by atoms with Crippen molar-refractivity contribution in [1.82, 2.24) is 10.3 Å². The maximum atomic E-state index is 13.3. The van der Waals surface area contributed by atoms with E-state index >= 15 is 0 Å². The van der Waals surface area contributed by atoms with Crippen LogP contribution in [0.4, 0.5) is 15.9 Å². The molecule has 26 heavy (non-hydrogen) atoms. The summed E-state index contributed by atoms with van der Waals surface area (Å²) in [6, 6.07) is 4.19. The van der Waals surface area contributed by atoms with Crippen LogP contribution in [0.2, 0.25) is 0 Å². The smallest absolute Gasteiger partial charge is 0.202 e. The van der Waals surface area contributed by atoms with Crippen molar-refractivity contribution in [2.24, 2.45) is 0 Å². The summed E-state index contributed by atoms with van der Waals surface area (Å²) in [7, 11) is 7.66. The molecule has 0 saturated carbocycles. The highest BCUT2D eigenvalue weighted by Gasteiger charge is 2.65. The Morgan fingerprint density at radius 3 is 2.58 bits per heavy atom. The standard InChI is InChI=1S/C12H15B4BrFN5O2S/c13-11(14)10(12(15,16)26(11)24)21-9-7(22-25-23-9)8(19)20-4-1-2-6(18)5(17)3-4/h1-3,10H,13-16H2,(H2,19,20)(H,21,23). The molecule has 0 unspecified atom stereocenters. The molecular formula is C12H15B4BrFN5O2S. The van der Waals surface area contributed by atoms with E-state index in [2.05, 4.69) is 36.9 Å². The van der Waals surface area contributed by atoms with Crippen molar-refractivity contribution in [2.75, 3.05) is 10.6 Å². The quantitative estimate of drug-likeness (QED) is 0.218. The fourth-order valence-corrected chi connectivity index (χ4v) is 6.06. The highest BCUT2D eigenvalue weighted by Crippen LogP contribution is 2.42. The van der Waals surface area contributed by atoms with Crippen molar-refractivity contribution in [3.63, 3.8) is 0 Å². The second-order valence-corrected chi connectivity index (χ2v) is 10.6. The van der Waals surface area contributed by atoms with Crippen molar-refractivity contribution in [1.29, 1.82) is 5.41 Å². The minimum Gasteiger partial charge on any atom is -0.618 e. The Kier molecular flexibility index (Phi) is 4.95. The maximum Gasteiger partial charge on any atom is 0.202 e. The topological polar surface area (TPSA) is 110 Å². The summed E-state index contributed by atoms with van der Waals surface area (Å²) in [6.45, 7) is 0. The van der Waals surface area contributed by atoms with E-state index in [1.165, 1.54) is 18.2 Å². The van der Waals surface area contributed by atoms with E-state index in [1.54, 1.807) is 0 Å². The van der Waals surface area contributed by atoms with Crippen LogP contribution >= 0.6 is 15.9 Å². The summed E-state index contributed by atoms with van der Waals surface area (Å²) in [4.78, 5) is 0. The van der Waals surface area contributed by atoms with Gasteiger partial charge in [0.1, 0.15) is 5.82 Å². The molecular weight excluding hydrogens is 420 g/mol. The summed E-state index contributed by atoms with van der Waals surface area (Å²) < 4.78 is 29.9. The van der Waals surface area contributed by atoms with Crippen LogP contribution in [-0.4, -0.2) is 67.2 Å². The van der Waals surface area contributed by atoms with Gasteiger partial charge in [-0.3, -0.25) is 5.41 Å². The third kappa shape index (κ3) is 3.18. The zero-order chi connectivity index (χ0) is 19.3. The van der Waals surface area contributed by atoms with E-state index < -0.39 is 26.1 Å². The first kappa shape index (κ1) is 19.4. The molecule has 1 saturated heterocycles. The Balaban J connectivity index is 1.78. The molecule has 0 atom stereocenters. The molecule has 7 nitrogen and oxygen atoms in total. The van der Waals surface area contributed by atoms with Crippen molar-refractivity contribution >= 4 is 75.8 Å². The normalized spacial score (nSPS) is 23.0. The Labute approximate surface area is 165 Å². The molecule has 2 aromatic rings. The average Bonchev–Trinajstić information content (AvgIpc) is 3.03. The maximum absolute atomic E-state index is 13.3. The summed E-state index contributed by atoms with van der Waals surface area (Å²) in [5.41, 5.74) is 0.706. The lowest BCUT2D eigenvalue weighted by Crippen LogP contribution is -2.81. The van der Waals surface area contributed by atoms with Crippen molar-refractivity contribution in [2.45, 2.75) is 15.1 Å². The lowest BCUT2D eigenvalue weighted by Gasteiger charge is -2.59. The fraction of sp³-hybridized carbons (Fsp3) is 0.250. The van der Waals surface area contributed by atoms with Crippen LogP contribution in [0.15, 0.2) is 27.3 Å². The van der Waals surface area contributed by atoms with Gasteiger partial charge < -0.3 is 15.2 Å². The predicted molar refractivity (Wildman–Crippen MR) is 114 cm³/mol. The number of anilines is 2. The van der Waals surface area contributed by atoms with E-state index in [4.69, 9.17) is 10.0 Å². The highest BCUT2D eigenvalue weighted by molar-refractivity contribution is 9.10. The van der Waals surface area contributed by atoms with Gasteiger partial charge in [0, 0.05) is 5.69 Å². The van der Waals surface area contributed by atoms with E-state index in [1.807, 2.05) is 31.4 Å². The van der Waals surface area contributed by atoms with E-state index in [0.717, 1.165) is 0 Å². The Morgan fingerprint density at radius 2 is 1.96 bits per heavy atom. The van der Waals surface area contributed by atoms with Crippen LogP contribution in [0.25, 0.3) is 0 Å². The minimum absolute atomic E-state index is 0.0525. The number of nitrogens with zero attached hydrogens (tertiary/aromatic N) is 2. The third-order valence-corrected chi connectivity index (χ3v) is 7.53. The number of hydrogen-bond donors (Lipinski definition) is 3. The molecule has 1 aromatic heterocycles. The van der Waals surface area contributed by atoms with Gasteiger partial charge >= 0.3 is 0 Å². The molecule has 3 N–H and O–H groups in total. The van der Waals surface area contributed by atoms with Crippen LogP contribution in [0.3, 0.4) is 0 Å². The Morgan fingerprint density at radius 1 is 1.31 bits per heavy atom. The van der Waals surface area contributed by atoms with Gasteiger partial charge in [-0.05, 0) is 44.4 Å². The van der Waals surface area contributed by atoms with Crippen LogP contribution in [0, 0.1) is 11.2 Å². The largest absolute Gasteiger partial charge is 0.618 e. The van der Waals surface area contributed by atoms with Gasteiger partial charge in [-0.25, -0.2) is 9.02 Å². The third-order valence-electron chi connectivity index (χ3n) is 4.54. The summed E-state index contributed by atoms with van der Waals surface area (Å²) >= 11 is 2.10. The Hall–Kier alpha value is -1.39. The second-order valence-electron chi connectivity index (χ2n) is 7.14. The SMILES string of the molecule is BC1(B)C(Nc2nonc2C(=N)Nc2ccc(F)c(Br)c2)C(B)(B)[S+]1[O-]. The lowest BCUT2D eigenvalue weighted by molar-refractivity contribution is 0.307. The van der Waals surface area contributed by atoms with Crippen molar-refractivity contribution < 1.29 is 13.6 Å². The predicted octanol–water partition coefficient (Wildman–Crippen LogP) is -2.21. The fourth-order valence-electron chi connectivity index (χ4n) is 3.38. The molecule has 0 spiro atoms. The number of hydrogen-bond acceptors (Lipinski definition) is 6. The van der Waals surface area contributed by atoms with Gasteiger partial charge in [0.15, 0.2) is 42.9 Å². The number of halogens is 2. The molecule has 14 heteroatoms. The second kappa shape index (κ2) is 6.65. The molecule has 0 aliphatic carbocycles. The van der Waals surface area contributed by atoms with Crippen molar-refractivity contribution in [3.8, 4) is 0 Å². The Bertz CT molecular complexity index is 854. The molecule has 1 aliphatic heterocycles. The lowest BCUT2D eigenvalue weighted by atomic mass is 9.51. The number of amidine groups is 1. The summed E-state index contributed by atoms with van der Waals surface area (Å²) in [6.07, 6.45) is 0. The monoisotopic (exact) mass is 435 g/mol. The molecule has 3 rings (SSSR count). The first-order chi connectivity index (χ1) is 12.0. The molecule has 1 aliphatic rings. The number of benzene rings is 1. The van der Waals surface area contributed by atoms with Gasteiger partial charge in [0.25, 0.3) is 0 Å². The first-order valence-corrected chi connectivity index (χ1v) is 9.81.